The number of pyridine rings is 1. The van der Waals surface area contributed by atoms with E-state index in [2.05, 4.69) is 29.0 Å². The average Bonchev–Trinajstić information content (AvgIpc) is 3.55. The van der Waals surface area contributed by atoms with E-state index >= 15 is 0 Å². The number of halogens is 4. The largest absolute Gasteiger partial charge is 0.416 e. The molecule has 0 bridgehead atoms. The Hall–Kier alpha value is -2.90. The van der Waals surface area contributed by atoms with Crippen molar-refractivity contribution < 1.29 is 18.0 Å². The smallest absolute Gasteiger partial charge is 0.351 e. The summed E-state index contributed by atoms with van der Waals surface area (Å²) in [4.78, 5) is 19.4. The normalized spacial score (nSPS) is 15.9. The zero-order chi connectivity index (χ0) is 26.6. The first-order valence-electron chi connectivity index (χ1n) is 12.5. The van der Waals surface area contributed by atoms with Crippen LogP contribution in [0.2, 0.25) is 5.02 Å². The maximum atomic E-state index is 12.8. The summed E-state index contributed by atoms with van der Waals surface area (Å²) in [7, 11) is 0. The Balaban J connectivity index is 0.00000102. The number of carbonyl (C=O) groups is 1. The van der Waals surface area contributed by atoms with Crippen molar-refractivity contribution in [2.45, 2.75) is 64.3 Å². The number of fused-ring (bicyclic) bond motifs is 1. The summed E-state index contributed by atoms with van der Waals surface area (Å²) in [6.45, 7) is 6.52. The molecule has 0 spiro atoms. The SMILES string of the molecule is CCC.O=C(NCC1(c2ccc(Cl)cc2)CC1)c1cnc2c(c1)CN(Cc1ccc(C(F)(F)F)cc1)C2. The minimum Gasteiger partial charge on any atom is -0.351 e. The first-order valence-corrected chi connectivity index (χ1v) is 12.9. The Kier molecular flexibility index (Phi) is 8.24. The van der Waals surface area contributed by atoms with Crippen LogP contribution in [0.4, 0.5) is 13.2 Å². The molecule has 3 aromatic rings. The molecule has 8 heteroatoms. The highest BCUT2D eigenvalue weighted by atomic mass is 35.5. The second-order valence-corrected chi connectivity index (χ2v) is 10.3. The quantitative estimate of drug-likeness (QED) is 0.369. The standard InChI is InChI=1S/C26H23ClF3N3O.C3H8/c27-22-7-5-20(6-8-22)25(9-10-25)16-32-24(34)18-11-19-14-33(15-23(19)31-12-18)13-17-1-3-21(4-2-17)26(28,29)30;1-3-2/h1-8,11-12H,9-10,13-16H2,(H,32,34);3H2,1-2H3. The molecule has 1 aliphatic heterocycles. The molecule has 1 saturated carbocycles. The predicted octanol–water partition coefficient (Wildman–Crippen LogP) is 7.15. The van der Waals surface area contributed by atoms with Gasteiger partial charge >= 0.3 is 6.18 Å². The molecule has 5 rings (SSSR count). The Labute approximate surface area is 220 Å². The van der Waals surface area contributed by atoms with E-state index in [4.69, 9.17) is 11.6 Å². The zero-order valence-corrected chi connectivity index (χ0v) is 21.8. The van der Waals surface area contributed by atoms with E-state index in [-0.39, 0.29) is 11.3 Å². The van der Waals surface area contributed by atoms with Gasteiger partial charge in [0, 0.05) is 42.8 Å². The summed E-state index contributed by atoms with van der Waals surface area (Å²) >= 11 is 5.99. The van der Waals surface area contributed by atoms with Crippen molar-refractivity contribution in [3.8, 4) is 0 Å². The Morgan fingerprint density at radius 1 is 1.05 bits per heavy atom. The van der Waals surface area contributed by atoms with Gasteiger partial charge in [-0.05, 0) is 59.9 Å². The second kappa shape index (κ2) is 11.2. The number of aromatic nitrogens is 1. The van der Waals surface area contributed by atoms with Gasteiger partial charge in [-0.2, -0.15) is 13.2 Å². The summed E-state index contributed by atoms with van der Waals surface area (Å²) in [5, 5.41) is 3.75. The minimum absolute atomic E-state index is 0.0249. The number of benzene rings is 2. The summed E-state index contributed by atoms with van der Waals surface area (Å²) in [6, 6.07) is 14.9. The molecule has 4 nitrogen and oxygen atoms in total. The van der Waals surface area contributed by atoms with Crippen LogP contribution in [0.3, 0.4) is 0 Å². The minimum atomic E-state index is -4.34. The Bertz CT molecular complexity index is 1220. The van der Waals surface area contributed by atoms with Crippen LogP contribution in [-0.4, -0.2) is 22.3 Å². The van der Waals surface area contributed by atoms with E-state index in [1.54, 1.807) is 6.20 Å². The van der Waals surface area contributed by atoms with Crippen LogP contribution in [0, 0.1) is 0 Å². The van der Waals surface area contributed by atoms with Crippen molar-refractivity contribution in [1.82, 2.24) is 15.2 Å². The van der Waals surface area contributed by atoms with Gasteiger partial charge in [-0.3, -0.25) is 14.7 Å². The van der Waals surface area contributed by atoms with Crippen molar-refractivity contribution in [3.05, 3.63) is 99.3 Å². The van der Waals surface area contributed by atoms with Crippen molar-refractivity contribution in [1.29, 1.82) is 0 Å². The van der Waals surface area contributed by atoms with E-state index in [0.29, 0.717) is 36.8 Å². The number of rotatable bonds is 6. The van der Waals surface area contributed by atoms with Gasteiger partial charge in [0.1, 0.15) is 0 Å². The number of hydrogen-bond acceptors (Lipinski definition) is 3. The maximum absolute atomic E-state index is 12.8. The first-order chi connectivity index (χ1) is 17.6. The van der Waals surface area contributed by atoms with Gasteiger partial charge in [0.2, 0.25) is 0 Å². The third-order valence-corrected chi connectivity index (χ3v) is 6.93. The molecule has 1 aromatic heterocycles. The Morgan fingerprint density at radius 2 is 1.70 bits per heavy atom. The first kappa shape index (κ1) is 27.1. The zero-order valence-electron chi connectivity index (χ0n) is 21.0. The molecule has 0 radical (unpaired) electrons. The molecule has 2 heterocycles. The van der Waals surface area contributed by atoms with Gasteiger partial charge in [0.05, 0.1) is 16.8 Å². The highest BCUT2D eigenvalue weighted by molar-refractivity contribution is 6.30. The molecule has 0 unspecified atom stereocenters. The summed E-state index contributed by atoms with van der Waals surface area (Å²) < 4.78 is 38.3. The van der Waals surface area contributed by atoms with E-state index in [1.165, 1.54) is 24.1 Å². The number of hydrogen-bond donors (Lipinski definition) is 1. The third-order valence-electron chi connectivity index (χ3n) is 6.67. The van der Waals surface area contributed by atoms with Crippen molar-refractivity contribution >= 4 is 17.5 Å². The van der Waals surface area contributed by atoms with Crippen molar-refractivity contribution in [3.63, 3.8) is 0 Å². The number of nitrogens with one attached hydrogen (secondary N) is 1. The van der Waals surface area contributed by atoms with Gasteiger partial charge in [-0.1, -0.05) is 56.1 Å². The molecule has 1 aliphatic carbocycles. The van der Waals surface area contributed by atoms with Crippen LogP contribution >= 0.6 is 11.6 Å². The fraction of sp³-hybridized carbons (Fsp3) is 0.379. The molecule has 1 N–H and O–H groups in total. The van der Waals surface area contributed by atoms with Gasteiger partial charge in [0.25, 0.3) is 5.91 Å². The van der Waals surface area contributed by atoms with Crippen LogP contribution in [0.5, 0.6) is 0 Å². The Morgan fingerprint density at radius 3 is 2.30 bits per heavy atom. The molecule has 1 amide bonds. The molecule has 196 valence electrons. The molecule has 0 saturated heterocycles. The molecule has 0 atom stereocenters. The van der Waals surface area contributed by atoms with E-state index in [1.807, 2.05) is 30.3 Å². The lowest BCUT2D eigenvalue weighted by Crippen LogP contribution is -2.32. The topological polar surface area (TPSA) is 45.2 Å². The second-order valence-electron chi connectivity index (χ2n) is 9.85. The van der Waals surface area contributed by atoms with Crippen molar-refractivity contribution in [2.24, 2.45) is 0 Å². The van der Waals surface area contributed by atoms with Gasteiger partial charge in [-0.25, -0.2) is 0 Å². The summed E-state index contributed by atoms with van der Waals surface area (Å²) in [5.41, 5.74) is 3.69. The lowest BCUT2D eigenvalue weighted by atomic mass is 9.96. The highest BCUT2D eigenvalue weighted by Crippen LogP contribution is 2.47. The maximum Gasteiger partial charge on any atom is 0.416 e. The van der Waals surface area contributed by atoms with Crippen molar-refractivity contribution in [2.75, 3.05) is 6.54 Å². The lowest BCUT2D eigenvalue weighted by molar-refractivity contribution is -0.137. The predicted molar refractivity (Wildman–Crippen MR) is 139 cm³/mol. The number of alkyl halides is 3. The average molecular weight is 530 g/mol. The molecule has 1 fully saturated rings. The van der Waals surface area contributed by atoms with Gasteiger partial charge in [0.15, 0.2) is 0 Å². The van der Waals surface area contributed by atoms with Crippen LogP contribution in [0.15, 0.2) is 60.8 Å². The van der Waals surface area contributed by atoms with Crippen LogP contribution in [0.1, 0.15) is 71.4 Å². The summed E-state index contributed by atoms with van der Waals surface area (Å²) in [5.74, 6) is -0.156. The molecule has 37 heavy (non-hydrogen) atoms. The van der Waals surface area contributed by atoms with E-state index in [9.17, 15) is 18.0 Å². The number of nitrogens with zero attached hydrogens (tertiary/aromatic N) is 2. The molecule has 2 aliphatic rings. The lowest BCUT2D eigenvalue weighted by Gasteiger charge is -2.17. The number of carbonyl (C=O) groups excluding carboxylic acids is 1. The molecular weight excluding hydrogens is 499 g/mol. The van der Waals surface area contributed by atoms with E-state index < -0.39 is 11.7 Å². The van der Waals surface area contributed by atoms with Gasteiger partial charge in [-0.15, -0.1) is 0 Å². The fourth-order valence-corrected chi connectivity index (χ4v) is 4.62. The van der Waals surface area contributed by atoms with Crippen LogP contribution in [0.25, 0.3) is 0 Å². The molecular formula is C29H31ClF3N3O. The van der Waals surface area contributed by atoms with Gasteiger partial charge < -0.3 is 5.32 Å². The van der Waals surface area contributed by atoms with Crippen LogP contribution < -0.4 is 5.32 Å². The monoisotopic (exact) mass is 529 g/mol. The highest BCUT2D eigenvalue weighted by Gasteiger charge is 2.44. The molecule has 2 aromatic carbocycles. The fourth-order valence-electron chi connectivity index (χ4n) is 4.49. The van der Waals surface area contributed by atoms with E-state index in [0.717, 1.165) is 41.8 Å². The summed E-state index contributed by atoms with van der Waals surface area (Å²) in [6.07, 6.45) is 0.557. The van der Waals surface area contributed by atoms with Crippen LogP contribution in [-0.2, 0) is 31.2 Å². The number of amides is 1. The third kappa shape index (κ3) is 6.70.